The minimum absolute atomic E-state index is 0.690. The van der Waals surface area contributed by atoms with Gasteiger partial charge in [0, 0.05) is 0 Å². The molecule has 0 aromatic heterocycles. The van der Waals surface area contributed by atoms with Crippen LogP contribution in [-0.2, 0) is 0 Å². The minimum Gasteiger partial charge on any atom is -0.493 e. The molecule has 3 nitrogen and oxygen atoms in total. The molecule has 0 aliphatic carbocycles. The van der Waals surface area contributed by atoms with Gasteiger partial charge in [-0.05, 0) is 44.5 Å². The molecule has 0 aliphatic heterocycles. The number of benzene rings is 1. The number of rotatable bonds is 9. The van der Waals surface area contributed by atoms with Crippen molar-refractivity contribution in [1.29, 1.82) is 0 Å². The summed E-state index contributed by atoms with van der Waals surface area (Å²) in [5.74, 6) is 2.33. The summed E-state index contributed by atoms with van der Waals surface area (Å²) in [6, 6.07) is 7.79. The summed E-state index contributed by atoms with van der Waals surface area (Å²) in [5.41, 5.74) is 0. The van der Waals surface area contributed by atoms with E-state index in [1.807, 2.05) is 31.3 Å². The van der Waals surface area contributed by atoms with E-state index in [9.17, 15) is 0 Å². The van der Waals surface area contributed by atoms with Crippen LogP contribution in [0.15, 0.2) is 24.3 Å². The molecular weight excluding hydrogens is 226 g/mol. The SMILES string of the molecule is CCCC(CCOc1ccccc1OC)CNC. The molecule has 1 N–H and O–H groups in total. The topological polar surface area (TPSA) is 30.5 Å². The Kier molecular flexibility index (Phi) is 7.26. The van der Waals surface area contributed by atoms with Crippen molar-refractivity contribution in [1.82, 2.24) is 5.32 Å². The summed E-state index contributed by atoms with van der Waals surface area (Å²) in [5, 5.41) is 3.24. The quantitative estimate of drug-likeness (QED) is 0.731. The summed E-state index contributed by atoms with van der Waals surface area (Å²) in [7, 11) is 3.67. The van der Waals surface area contributed by atoms with E-state index in [0.717, 1.165) is 31.1 Å². The van der Waals surface area contributed by atoms with Gasteiger partial charge < -0.3 is 14.8 Å². The smallest absolute Gasteiger partial charge is 0.161 e. The molecule has 18 heavy (non-hydrogen) atoms. The van der Waals surface area contributed by atoms with Gasteiger partial charge in [0.25, 0.3) is 0 Å². The van der Waals surface area contributed by atoms with Crippen molar-refractivity contribution in [2.24, 2.45) is 5.92 Å². The first-order chi connectivity index (χ1) is 8.81. The third-order valence-electron chi connectivity index (χ3n) is 3.04. The lowest BCUT2D eigenvalue weighted by molar-refractivity contribution is 0.257. The molecule has 1 unspecified atom stereocenters. The van der Waals surface area contributed by atoms with Gasteiger partial charge in [-0.1, -0.05) is 25.5 Å². The second-order valence-corrected chi connectivity index (χ2v) is 4.50. The molecule has 0 radical (unpaired) electrons. The Morgan fingerprint density at radius 3 is 2.50 bits per heavy atom. The largest absolute Gasteiger partial charge is 0.493 e. The van der Waals surface area contributed by atoms with E-state index in [-0.39, 0.29) is 0 Å². The lowest BCUT2D eigenvalue weighted by atomic mass is 10.0. The van der Waals surface area contributed by atoms with E-state index in [1.54, 1.807) is 7.11 Å². The maximum atomic E-state index is 5.80. The van der Waals surface area contributed by atoms with Gasteiger partial charge in [0.2, 0.25) is 0 Å². The maximum absolute atomic E-state index is 5.80. The second-order valence-electron chi connectivity index (χ2n) is 4.50. The number of ether oxygens (including phenoxy) is 2. The van der Waals surface area contributed by atoms with Gasteiger partial charge in [0.05, 0.1) is 13.7 Å². The Morgan fingerprint density at radius 2 is 1.89 bits per heavy atom. The van der Waals surface area contributed by atoms with E-state index in [4.69, 9.17) is 9.47 Å². The third kappa shape index (κ3) is 4.96. The lowest BCUT2D eigenvalue weighted by Crippen LogP contribution is -2.20. The van der Waals surface area contributed by atoms with E-state index in [2.05, 4.69) is 12.2 Å². The third-order valence-corrected chi connectivity index (χ3v) is 3.04. The predicted octanol–water partition coefficient (Wildman–Crippen LogP) is 3.10. The average Bonchev–Trinajstić information content (AvgIpc) is 2.40. The van der Waals surface area contributed by atoms with Gasteiger partial charge in [-0.15, -0.1) is 0 Å². The van der Waals surface area contributed by atoms with Crippen molar-refractivity contribution in [3.05, 3.63) is 24.3 Å². The Labute approximate surface area is 110 Å². The number of methoxy groups -OCH3 is 1. The summed E-state index contributed by atoms with van der Waals surface area (Å²) in [6.07, 6.45) is 3.55. The summed E-state index contributed by atoms with van der Waals surface area (Å²) in [6.45, 7) is 4.03. The fourth-order valence-corrected chi connectivity index (χ4v) is 2.12. The fraction of sp³-hybridized carbons (Fsp3) is 0.600. The van der Waals surface area contributed by atoms with Gasteiger partial charge in [-0.25, -0.2) is 0 Å². The molecular formula is C15H25NO2. The highest BCUT2D eigenvalue weighted by atomic mass is 16.5. The highest BCUT2D eigenvalue weighted by molar-refractivity contribution is 5.39. The van der Waals surface area contributed by atoms with Crippen LogP contribution < -0.4 is 14.8 Å². The van der Waals surface area contributed by atoms with Crippen molar-refractivity contribution < 1.29 is 9.47 Å². The van der Waals surface area contributed by atoms with E-state index in [0.29, 0.717) is 5.92 Å². The first kappa shape index (κ1) is 14.8. The molecule has 0 spiro atoms. The lowest BCUT2D eigenvalue weighted by Gasteiger charge is -2.16. The van der Waals surface area contributed by atoms with Crippen molar-refractivity contribution >= 4 is 0 Å². The highest BCUT2D eigenvalue weighted by Gasteiger charge is 2.08. The average molecular weight is 251 g/mol. The molecule has 102 valence electrons. The van der Waals surface area contributed by atoms with E-state index >= 15 is 0 Å². The van der Waals surface area contributed by atoms with Gasteiger partial charge in [-0.2, -0.15) is 0 Å². The van der Waals surface area contributed by atoms with E-state index in [1.165, 1.54) is 12.8 Å². The number of hydrogen-bond acceptors (Lipinski definition) is 3. The number of nitrogens with one attached hydrogen (secondary N) is 1. The van der Waals surface area contributed by atoms with Crippen molar-refractivity contribution in [3.63, 3.8) is 0 Å². The van der Waals surface area contributed by atoms with Crippen LogP contribution in [0.5, 0.6) is 11.5 Å². The second kappa shape index (κ2) is 8.81. The zero-order valence-electron chi connectivity index (χ0n) is 11.7. The molecule has 1 rings (SSSR count). The van der Waals surface area contributed by atoms with Crippen molar-refractivity contribution in [3.8, 4) is 11.5 Å². The van der Waals surface area contributed by atoms with Crippen LogP contribution in [0.2, 0.25) is 0 Å². The standard InChI is InChI=1S/C15H25NO2/c1-4-7-13(12-16-2)10-11-18-15-9-6-5-8-14(15)17-3/h5-6,8-9,13,16H,4,7,10-12H2,1-3H3. The monoisotopic (exact) mass is 251 g/mol. The van der Waals surface area contributed by atoms with Crippen LogP contribution in [0.1, 0.15) is 26.2 Å². The Balaban J connectivity index is 2.39. The van der Waals surface area contributed by atoms with E-state index < -0.39 is 0 Å². The molecule has 0 saturated carbocycles. The molecule has 1 aromatic carbocycles. The molecule has 0 saturated heterocycles. The van der Waals surface area contributed by atoms with Crippen LogP contribution in [0.3, 0.4) is 0 Å². The first-order valence-electron chi connectivity index (χ1n) is 6.72. The molecule has 1 atom stereocenters. The minimum atomic E-state index is 0.690. The Morgan fingerprint density at radius 1 is 1.17 bits per heavy atom. The van der Waals surface area contributed by atoms with Gasteiger partial charge >= 0.3 is 0 Å². The highest BCUT2D eigenvalue weighted by Crippen LogP contribution is 2.26. The van der Waals surface area contributed by atoms with Crippen molar-refractivity contribution in [2.75, 3.05) is 27.3 Å². The zero-order chi connectivity index (χ0) is 13.2. The Hall–Kier alpha value is -1.22. The normalized spacial score (nSPS) is 12.2. The number of hydrogen-bond donors (Lipinski definition) is 1. The van der Waals surface area contributed by atoms with Crippen LogP contribution in [0.25, 0.3) is 0 Å². The fourth-order valence-electron chi connectivity index (χ4n) is 2.12. The maximum Gasteiger partial charge on any atom is 0.161 e. The molecule has 0 aliphatic rings. The van der Waals surface area contributed by atoms with Gasteiger partial charge in [0.15, 0.2) is 11.5 Å². The summed E-state index contributed by atoms with van der Waals surface area (Å²) in [4.78, 5) is 0. The molecule has 0 amide bonds. The van der Waals surface area contributed by atoms with Crippen LogP contribution in [0.4, 0.5) is 0 Å². The predicted molar refractivity (Wildman–Crippen MR) is 75.4 cm³/mol. The van der Waals surface area contributed by atoms with Crippen LogP contribution >= 0.6 is 0 Å². The zero-order valence-corrected chi connectivity index (χ0v) is 11.7. The van der Waals surface area contributed by atoms with Gasteiger partial charge in [0.1, 0.15) is 0 Å². The molecule has 0 heterocycles. The van der Waals surface area contributed by atoms with Gasteiger partial charge in [-0.3, -0.25) is 0 Å². The van der Waals surface area contributed by atoms with Crippen LogP contribution in [0, 0.1) is 5.92 Å². The molecule has 0 fully saturated rings. The summed E-state index contributed by atoms with van der Waals surface area (Å²) < 4.78 is 11.1. The first-order valence-corrected chi connectivity index (χ1v) is 6.72. The van der Waals surface area contributed by atoms with Crippen molar-refractivity contribution in [2.45, 2.75) is 26.2 Å². The molecule has 3 heteroatoms. The van der Waals surface area contributed by atoms with Crippen LogP contribution in [-0.4, -0.2) is 27.3 Å². The number of para-hydroxylation sites is 2. The molecule has 0 bridgehead atoms. The Bertz CT molecular complexity index is 322. The molecule has 1 aromatic rings. The summed E-state index contributed by atoms with van der Waals surface area (Å²) >= 11 is 0.